The molecular formula is C14H11F2NO3. The van der Waals surface area contributed by atoms with Gasteiger partial charge in [-0.3, -0.25) is 5.32 Å². The van der Waals surface area contributed by atoms with E-state index < -0.39 is 23.5 Å². The molecule has 0 radical (unpaired) electrons. The first-order valence-corrected chi connectivity index (χ1v) is 5.72. The Hall–Kier alpha value is -2.63. The number of hydrogen-bond acceptors (Lipinski definition) is 3. The summed E-state index contributed by atoms with van der Waals surface area (Å²) in [5.74, 6) is -3.60. The monoisotopic (exact) mass is 279 g/mol. The van der Waals surface area contributed by atoms with Crippen LogP contribution in [0.3, 0.4) is 0 Å². The highest BCUT2D eigenvalue weighted by molar-refractivity contribution is 5.86. The van der Waals surface area contributed by atoms with Gasteiger partial charge in [0.1, 0.15) is 6.61 Å². The maximum Gasteiger partial charge on any atom is 0.412 e. The predicted molar refractivity (Wildman–Crippen MR) is 68.3 cm³/mol. The zero-order valence-electron chi connectivity index (χ0n) is 10.3. The summed E-state index contributed by atoms with van der Waals surface area (Å²) in [6.07, 6.45) is -0.879. The summed E-state index contributed by atoms with van der Waals surface area (Å²) < 4.78 is 30.7. The quantitative estimate of drug-likeness (QED) is 0.846. The molecule has 2 N–H and O–H groups in total. The highest BCUT2D eigenvalue weighted by atomic mass is 19.2. The van der Waals surface area contributed by atoms with E-state index in [0.717, 1.165) is 17.7 Å². The van der Waals surface area contributed by atoms with Crippen molar-refractivity contribution in [1.29, 1.82) is 0 Å². The van der Waals surface area contributed by atoms with Gasteiger partial charge in [-0.05, 0) is 17.7 Å². The molecule has 4 nitrogen and oxygen atoms in total. The highest BCUT2D eigenvalue weighted by Crippen LogP contribution is 2.28. The number of aromatic hydroxyl groups is 1. The molecule has 0 aromatic heterocycles. The van der Waals surface area contributed by atoms with Gasteiger partial charge in [-0.15, -0.1) is 0 Å². The van der Waals surface area contributed by atoms with Crippen LogP contribution in [-0.2, 0) is 11.3 Å². The van der Waals surface area contributed by atoms with Gasteiger partial charge in [0, 0.05) is 0 Å². The number of nitrogens with one attached hydrogen (secondary N) is 1. The summed E-state index contributed by atoms with van der Waals surface area (Å²) in [7, 11) is 0. The summed E-state index contributed by atoms with van der Waals surface area (Å²) in [5.41, 5.74) is 0.513. The molecule has 6 heteroatoms. The van der Waals surface area contributed by atoms with Gasteiger partial charge in [-0.1, -0.05) is 30.3 Å². The lowest BCUT2D eigenvalue weighted by molar-refractivity contribution is 0.155. The summed E-state index contributed by atoms with van der Waals surface area (Å²) in [5, 5.41) is 11.5. The molecule has 2 aromatic carbocycles. The molecule has 0 aliphatic heterocycles. The van der Waals surface area contributed by atoms with Crippen LogP contribution in [0.5, 0.6) is 5.75 Å². The predicted octanol–water partition coefficient (Wildman–Crippen LogP) is 3.42. The molecular weight excluding hydrogens is 268 g/mol. The van der Waals surface area contributed by atoms with E-state index in [2.05, 4.69) is 5.32 Å². The third-order valence-electron chi connectivity index (χ3n) is 2.52. The smallest absolute Gasteiger partial charge is 0.412 e. The van der Waals surface area contributed by atoms with Crippen molar-refractivity contribution in [3.05, 3.63) is 59.7 Å². The Morgan fingerprint density at radius 2 is 1.85 bits per heavy atom. The SMILES string of the molecule is O=C(Nc1ccc(F)c(F)c1O)OCc1ccccc1. The van der Waals surface area contributed by atoms with Crippen molar-refractivity contribution in [3.8, 4) is 5.75 Å². The van der Waals surface area contributed by atoms with Gasteiger partial charge in [0.15, 0.2) is 11.6 Å². The Morgan fingerprint density at radius 3 is 2.55 bits per heavy atom. The molecule has 2 aromatic rings. The normalized spacial score (nSPS) is 10.1. The molecule has 0 aliphatic rings. The van der Waals surface area contributed by atoms with Crippen LogP contribution in [0.2, 0.25) is 0 Å². The summed E-state index contributed by atoms with van der Waals surface area (Å²) in [4.78, 5) is 11.5. The maximum absolute atomic E-state index is 13.1. The Morgan fingerprint density at radius 1 is 1.15 bits per heavy atom. The topological polar surface area (TPSA) is 58.6 Å². The van der Waals surface area contributed by atoms with Gasteiger partial charge < -0.3 is 9.84 Å². The molecule has 0 bridgehead atoms. The van der Waals surface area contributed by atoms with Crippen molar-refractivity contribution in [3.63, 3.8) is 0 Å². The van der Waals surface area contributed by atoms with E-state index in [-0.39, 0.29) is 12.3 Å². The fraction of sp³-hybridized carbons (Fsp3) is 0.0714. The number of rotatable bonds is 3. The Labute approximate surface area is 113 Å². The van der Waals surface area contributed by atoms with Crippen LogP contribution in [0.1, 0.15) is 5.56 Å². The van der Waals surface area contributed by atoms with E-state index in [1.165, 1.54) is 0 Å². The second-order valence-corrected chi connectivity index (χ2v) is 3.94. The fourth-order valence-corrected chi connectivity index (χ4v) is 1.51. The third-order valence-corrected chi connectivity index (χ3v) is 2.52. The summed E-state index contributed by atoms with van der Waals surface area (Å²) in [6.45, 7) is 0.0249. The first-order chi connectivity index (χ1) is 9.58. The number of phenolic OH excluding ortho intramolecular Hbond substituents is 1. The van der Waals surface area contributed by atoms with E-state index in [0.29, 0.717) is 0 Å². The molecule has 0 unspecified atom stereocenters. The maximum atomic E-state index is 13.1. The van der Waals surface area contributed by atoms with E-state index >= 15 is 0 Å². The number of amides is 1. The molecule has 0 saturated heterocycles. The Bertz CT molecular complexity index is 617. The van der Waals surface area contributed by atoms with E-state index in [4.69, 9.17) is 4.74 Å². The van der Waals surface area contributed by atoms with Crippen molar-refractivity contribution in [2.24, 2.45) is 0 Å². The number of halogens is 2. The molecule has 104 valence electrons. The second kappa shape index (κ2) is 6.01. The lowest BCUT2D eigenvalue weighted by Gasteiger charge is -2.09. The molecule has 0 atom stereocenters. The van der Waals surface area contributed by atoms with Gasteiger partial charge in [-0.25, -0.2) is 9.18 Å². The van der Waals surface area contributed by atoms with Crippen LogP contribution < -0.4 is 5.32 Å². The number of anilines is 1. The standard InChI is InChI=1S/C14H11F2NO3/c15-10-6-7-11(13(18)12(10)16)17-14(19)20-8-9-4-2-1-3-5-9/h1-7,18H,8H2,(H,17,19). The Balaban J connectivity index is 1.97. The van der Waals surface area contributed by atoms with Crippen LogP contribution in [0.25, 0.3) is 0 Å². The van der Waals surface area contributed by atoms with Crippen molar-refractivity contribution in [2.75, 3.05) is 5.32 Å². The molecule has 2 rings (SSSR count). The second-order valence-electron chi connectivity index (χ2n) is 3.94. The summed E-state index contributed by atoms with van der Waals surface area (Å²) >= 11 is 0. The van der Waals surface area contributed by atoms with Crippen molar-refractivity contribution in [2.45, 2.75) is 6.61 Å². The fourth-order valence-electron chi connectivity index (χ4n) is 1.51. The van der Waals surface area contributed by atoms with Crippen LogP contribution in [-0.4, -0.2) is 11.2 Å². The van der Waals surface area contributed by atoms with Crippen LogP contribution >= 0.6 is 0 Å². The minimum Gasteiger partial charge on any atom is -0.503 e. The minimum atomic E-state index is -1.43. The van der Waals surface area contributed by atoms with Crippen molar-refractivity contribution < 1.29 is 23.4 Å². The average molecular weight is 279 g/mol. The minimum absolute atomic E-state index is 0.0249. The zero-order valence-corrected chi connectivity index (χ0v) is 10.3. The van der Waals surface area contributed by atoms with Gasteiger partial charge in [0.25, 0.3) is 0 Å². The first-order valence-electron chi connectivity index (χ1n) is 5.72. The third kappa shape index (κ3) is 3.23. The number of ether oxygens (including phenoxy) is 1. The Kier molecular flexibility index (Phi) is 4.14. The first kappa shape index (κ1) is 13.8. The lowest BCUT2D eigenvalue weighted by atomic mass is 10.2. The van der Waals surface area contributed by atoms with Crippen LogP contribution in [0, 0.1) is 11.6 Å². The van der Waals surface area contributed by atoms with Gasteiger partial charge in [0.05, 0.1) is 5.69 Å². The average Bonchev–Trinajstić information content (AvgIpc) is 2.47. The van der Waals surface area contributed by atoms with Gasteiger partial charge >= 0.3 is 6.09 Å². The van der Waals surface area contributed by atoms with E-state index in [1.807, 2.05) is 6.07 Å². The van der Waals surface area contributed by atoms with Crippen LogP contribution in [0.15, 0.2) is 42.5 Å². The number of carbonyl (C=O) groups is 1. The molecule has 1 amide bonds. The molecule has 0 heterocycles. The summed E-state index contributed by atoms with van der Waals surface area (Å²) in [6, 6.07) is 10.8. The van der Waals surface area contributed by atoms with E-state index in [1.54, 1.807) is 24.3 Å². The molecule has 0 aliphatic carbocycles. The molecule has 20 heavy (non-hydrogen) atoms. The van der Waals surface area contributed by atoms with Crippen molar-refractivity contribution >= 4 is 11.8 Å². The highest BCUT2D eigenvalue weighted by Gasteiger charge is 2.14. The van der Waals surface area contributed by atoms with Gasteiger partial charge in [0.2, 0.25) is 5.82 Å². The number of phenols is 1. The number of hydrogen-bond donors (Lipinski definition) is 2. The lowest BCUT2D eigenvalue weighted by Crippen LogP contribution is -2.14. The molecule has 0 spiro atoms. The van der Waals surface area contributed by atoms with Gasteiger partial charge in [-0.2, -0.15) is 4.39 Å². The van der Waals surface area contributed by atoms with Crippen molar-refractivity contribution in [1.82, 2.24) is 0 Å². The molecule has 0 saturated carbocycles. The number of benzene rings is 2. The van der Waals surface area contributed by atoms with Crippen LogP contribution in [0.4, 0.5) is 19.3 Å². The number of carbonyl (C=O) groups excluding carboxylic acids is 1. The zero-order chi connectivity index (χ0) is 14.5. The molecule has 0 fully saturated rings. The largest absolute Gasteiger partial charge is 0.503 e. The van der Waals surface area contributed by atoms with E-state index in [9.17, 15) is 18.7 Å².